The highest BCUT2D eigenvalue weighted by atomic mass is 35.5. The van der Waals surface area contributed by atoms with Crippen LogP contribution in [0.3, 0.4) is 0 Å². The molecule has 0 aliphatic rings. The van der Waals surface area contributed by atoms with Gasteiger partial charge in [-0.05, 0) is 51.4 Å². The van der Waals surface area contributed by atoms with Gasteiger partial charge >= 0.3 is 12.2 Å². The molecule has 0 aliphatic carbocycles. The van der Waals surface area contributed by atoms with Crippen molar-refractivity contribution in [3.05, 3.63) is 23.2 Å². The molecule has 0 spiro atoms. The van der Waals surface area contributed by atoms with Gasteiger partial charge in [0.15, 0.2) is 5.82 Å². The first-order valence-electron chi connectivity index (χ1n) is 7.06. The van der Waals surface area contributed by atoms with Crippen LogP contribution in [0, 0.1) is 0 Å². The summed E-state index contributed by atoms with van der Waals surface area (Å²) in [6, 6.07) is 5.25. The smallest absolute Gasteiger partial charge is 0.425 e. The molecular formula is C15H17ClN2O4S. The lowest BCUT2D eigenvalue weighted by atomic mass is 10.2. The molecule has 0 bridgehead atoms. The number of carbonyl (C=O) groups is 2. The van der Waals surface area contributed by atoms with Crippen molar-refractivity contribution >= 4 is 51.2 Å². The molecule has 6 nitrogen and oxygen atoms in total. The molecule has 2 amide bonds. The number of benzene rings is 1. The number of ether oxygens (including phenoxy) is 2. The Morgan fingerprint density at radius 2 is 1.70 bits per heavy atom. The minimum absolute atomic E-state index is 0.118. The fourth-order valence-corrected chi connectivity index (χ4v) is 2.95. The Kier molecular flexibility index (Phi) is 5.43. The number of aromatic nitrogens is 1. The van der Waals surface area contributed by atoms with E-state index >= 15 is 0 Å². The van der Waals surface area contributed by atoms with Crippen molar-refractivity contribution in [2.24, 2.45) is 0 Å². The molecule has 0 unspecified atom stereocenters. The average molecular weight is 357 g/mol. The van der Waals surface area contributed by atoms with Crippen LogP contribution in [0.5, 0.6) is 0 Å². The standard InChI is InChI=1S/C15H17ClN2O4S/c1-8(2)21-14(19)18(15(20)22-9(3)4)13-12-10(16)6-5-7-11(12)23-17-13/h5-9H,1-4H3. The fourth-order valence-electron chi connectivity index (χ4n) is 1.84. The zero-order valence-corrected chi connectivity index (χ0v) is 14.8. The van der Waals surface area contributed by atoms with Crippen LogP contribution in [-0.2, 0) is 9.47 Å². The van der Waals surface area contributed by atoms with Crippen LogP contribution in [0.4, 0.5) is 15.4 Å². The maximum absolute atomic E-state index is 12.4. The Balaban J connectivity index is 2.51. The summed E-state index contributed by atoms with van der Waals surface area (Å²) in [7, 11) is 0. The monoisotopic (exact) mass is 356 g/mol. The molecule has 0 atom stereocenters. The van der Waals surface area contributed by atoms with Crippen molar-refractivity contribution in [1.82, 2.24) is 4.37 Å². The highest BCUT2D eigenvalue weighted by Gasteiger charge is 2.32. The van der Waals surface area contributed by atoms with Crippen molar-refractivity contribution in [3.8, 4) is 0 Å². The van der Waals surface area contributed by atoms with Gasteiger partial charge in [-0.3, -0.25) is 0 Å². The number of hydrogen-bond acceptors (Lipinski definition) is 6. The van der Waals surface area contributed by atoms with Gasteiger partial charge in [0, 0.05) is 0 Å². The quantitative estimate of drug-likeness (QED) is 0.786. The van der Waals surface area contributed by atoms with Gasteiger partial charge in [-0.25, -0.2) is 9.59 Å². The number of anilines is 1. The third-order valence-electron chi connectivity index (χ3n) is 2.68. The fraction of sp³-hybridized carbons (Fsp3) is 0.400. The van der Waals surface area contributed by atoms with Crippen molar-refractivity contribution in [2.45, 2.75) is 39.9 Å². The number of carbonyl (C=O) groups excluding carboxylic acids is 2. The Morgan fingerprint density at radius 3 is 2.22 bits per heavy atom. The Labute approximate surface area is 143 Å². The minimum Gasteiger partial charge on any atom is -0.446 e. The van der Waals surface area contributed by atoms with Gasteiger partial charge < -0.3 is 9.47 Å². The van der Waals surface area contributed by atoms with Crippen LogP contribution in [-0.4, -0.2) is 28.8 Å². The predicted octanol–water partition coefficient (Wildman–Crippen LogP) is 4.85. The number of halogens is 1. The van der Waals surface area contributed by atoms with E-state index in [1.807, 2.05) is 6.07 Å². The van der Waals surface area contributed by atoms with E-state index in [2.05, 4.69) is 4.37 Å². The van der Waals surface area contributed by atoms with Crippen LogP contribution >= 0.6 is 23.1 Å². The largest absolute Gasteiger partial charge is 0.446 e. The molecule has 1 aromatic heterocycles. The van der Waals surface area contributed by atoms with Gasteiger partial charge in [0.05, 0.1) is 27.3 Å². The number of rotatable bonds is 3. The minimum atomic E-state index is -0.849. The third kappa shape index (κ3) is 3.92. The van der Waals surface area contributed by atoms with Gasteiger partial charge in [-0.1, -0.05) is 17.7 Å². The molecule has 8 heteroatoms. The lowest BCUT2D eigenvalue weighted by molar-refractivity contribution is 0.104. The third-order valence-corrected chi connectivity index (χ3v) is 3.80. The van der Waals surface area contributed by atoms with E-state index in [9.17, 15) is 9.59 Å². The summed E-state index contributed by atoms with van der Waals surface area (Å²) in [5, 5.41) is 0.909. The van der Waals surface area contributed by atoms with Crippen LogP contribution in [0.25, 0.3) is 10.1 Å². The zero-order valence-electron chi connectivity index (χ0n) is 13.2. The molecule has 0 N–H and O–H groups in total. The molecule has 2 rings (SSSR count). The van der Waals surface area contributed by atoms with Crippen molar-refractivity contribution < 1.29 is 19.1 Å². The summed E-state index contributed by atoms with van der Waals surface area (Å²) < 4.78 is 15.2. The summed E-state index contributed by atoms with van der Waals surface area (Å²) >= 11 is 7.34. The second kappa shape index (κ2) is 7.14. The van der Waals surface area contributed by atoms with E-state index < -0.39 is 24.4 Å². The Morgan fingerprint density at radius 1 is 1.13 bits per heavy atom. The Hall–Kier alpha value is -1.86. The first kappa shape index (κ1) is 17.5. The van der Waals surface area contributed by atoms with Gasteiger partial charge in [-0.15, -0.1) is 0 Å². The maximum Gasteiger partial charge on any atom is 0.425 e. The summed E-state index contributed by atoms with van der Waals surface area (Å²) in [5.74, 6) is 0.118. The second-order valence-corrected chi connectivity index (χ2v) is 6.53. The highest BCUT2D eigenvalue weighted by molar-refractivity contribution is 7.14. The van der Waals surface area contributed by atoms with Gasteiger partial charge in [0.25, 0.3) is 0 Å². The summed E-state index contributed by atoms with van der Waals surface area (Å²) in [4.78, 5) is 25.5. The van der Waals surface area contributed by atoms with Crippen molar-refractivity contribution in [1.29, 1.82) is 0 Å². The molecular weight excluding hydrogens is 340 g/mol. The number of hydrogen-bond donors (Lipinski definition) is 0. The molecule has 23 heavy (non-hydrogen) atoms. The van der Waals surface area contributed by atoms with E-state index in [1.165, 1.54) is 0 Å². The van der Waals surface area contributed by atoms with E-state index in [0.717, 1.165) is 21.1 Å². The lowest BCUT2D eigenvalue weighted by Gasteiger charge is -2.21. The SMILES string of the molecule is CC(C)OC(=O)N(C(=O)OC(C)C)c1nsc2cccc(Cl)c12. The van der Waals surface area contributed by atoms with E-state index in [4.69, 9.17) is 21.1 Å². The number of imide groups is 1. The van der Waals surface area contributed by atoms with Crippen LogP contribution in [0.15, 0.2) is 18.2 Å². The first-order valence-corrected chi connectivity index (χ1v) is 8.21. The number of fused-ring (bicyclic) bond motifs is 1. The number of nitrogens with zero attached hydrogens (tertiary/aromatic N) is 2. The second-order valence-electron chi connectivity index (χ2n) is 5.32. The van der Waals surface area contributed by atoms with E-state index in [-0.39, 0.29) is 5.82 Å². The van der Waals surface area contributed by atoms with Crippen molar-refractivity contribution in [3.63, 3.8) is 0 Å². The summed E-state index contributed by atoms with van der Waals surface area (Å²) in [6.45, 7) is 6.76. The van der Waals surface area contributed by atoms with E-state index in [0.29, 0.717) is 10.4 Å². The molecule has 0 radical (unpaired) electrons. The lowest BCUT2D eigenvalue weighted by Crippen LogP contribution is -2.40. The molecule has 2 aromatic rings. The molecule has 0 saturated carbocycles. The molecule has 124 valence electrons. The first-order chi connectivity index (χ1) is 10.8. The summed E-state index contributed by atoms with van der Waals surface area (Å²) in [6.07, 6.45) is -2.48. The van der Waals surface area contributed by atoms with Crippen molar-refractivity contribution in [2.75, 3.05) is 4.90 Å². The molecule has 0 aliphatic heterocycles. The topological polar surface area (TPSA) is 68.7 Å². The van der Waals surface area contributed by atoms with Crippen LogP contribution in [0.1, 0.15) is 27.7 Å². The molecule has 0 fully saturated rings. The highest BCUT2D eigenvalue weighted by Crippen LogP contribution is 2.35. The zero-order chi connectivity index (χ0) is 17.1. The van der Waals surface area contributed by atoms with Crippen LogP contribution < -0.4 is 4.90 Å². The molecule has 1 heterocycles. The summed E-state index contributed by atoms with van der Waals surface area (Å²) in [5.41, 5.74) is 0. The molecule has 0 saturated heterocycles. The van der Waals surface area contributed by atoms with E-state index in [1.54, 1.807) is 39.8 Å². The average Bonchev–Trinajstić information content (AvgIpc) is 2.82. The van der Waals surface area contributed by atoms with Gasteiger partial charge in [0.1, 0.15) is 0 Å². The predicted molar refractivity (Wildman–Crippen MR) is 90.3 cm³/mol. The van der Waals surface area contributed by atoms with Gasteiger partial charge in [-0.2, -0.15) is 9.27 Å². The number of amides is 2. The Bertz CT molecular complexity index is 707. The van der Waals surface area contributed by atoms with Gasteiger partial charge in [0.2, 0.25) is 0 Å². The maximum atomic E-state index is 12.4. The van der Waals surface area contributed by atoms with Crippen LogP contribution in [0.2, 0.25) is 5.02 Å². The molecule has 1 aromatic carbocycles. The normalized spacial score (nSPS) is 11.1.